The number of aldehydes is 1. The van der Waals surface area contributed by atoms with Crippen LogP contribution in [0, 0.1) is 0 Å². The smallest absolute Gasteiger partial charge is 0.142 e. The molecule has 0 bridgehead atoms. The van der Waals surface area contributed by atoms with Crippen LogP contribution in [0.4, 0.5) is 0 Å². The zero-order valence-corrected chi connectivity index (χ0v) is 8.05. The van der Waals surface area contributed by atoms with Crippen LogP contribution >= 0.6 is 0 Å². The summed E-state index contributed by atoms with van der Waals surface area (Å²) in [7, 11) is 0. The van der Waals surface area contributed by atoms with Crippen LogP contribution in [-0.2, 0) is 4.79 Å². The summed E-state index contributed by atoms with van der Waals surface area (Å²) < 4.78 is 0. The summed E-state index contributed by atoms with van der Waals surface area (Å²) in [6.07, 6.45) is 6.68. The first-order valence-corrected chi connectivity index (χ1v) is 3.91. The lowest BCUT2D eigenvalue weighted by atomic mass is 10.1. The Morgan fingerprint density at radius 1 is 1.25 bits per heavy atom. The zero-order valence-electron chi connectivity index (χ0n) is 8.05. The molecule has 0 fully saturated rings. The van der Waals surface area contributed by atoms with Gasteiger partial charge in [-0.05, 0) is 39.7 Å². The Balaban J connectivity index is 0. The van der Waals surface area contributed by atoms with Gasteiger partial charge in [0.1, 0.15) is 6.29 Å². The summed E-state index contributed by atoms with van der Waals surface area (Å²) in [5.41, 5.74) is 2.49. The van der Waals surface area contributed by atoms with E-state index in [1.807, 2.05) is 6.92 Å². The standard InChI is InChI=1S/C10H16O.H2O/c1-9(2)5-4-6-10(3)7-8-11;/h5,7-8H,4,6H2,1-3H3;1H2. The highest BCUT2D eigenvalue weighted by molar-refractivity contribution is 5.65. The van der Waals surface area contributed by atoms with Gasteiger partial charge in [-0.25, -0.2) is 0 Å². The van der Waals surface area contributed by atoms with Crippen LogP contribution < -0.4 is 0 Å². The van der Waals surface area contributed by atoms with Crippen molar-refractivity contribution in [1.29, 1.82) is 0 Å². The first kappa shape index (κ1) is 13.7. The molecule has 0 saturated carbocycles. The Kier molecular flexibility index (Phi) is 9.36. The van der Waals surface area contributed by atoms with Crippen molar-refractivity contribution in [3.05, 3.63) is 23.3 Å². The molecule has 12 heavy (non-hydrogen) atoms. The van der Waals surface area contributed by atoms with Crippen LogP contribution in [-0.4, -0.2) is 11.8 Å². The summed E-state index contributed by atoms with van der Waals surface area (Å²) in [4.78, 5) is 10.0. The van der Waals surface area contributed by atoms with Gasteiger partial charge in [0.05, 0.1) is 0 Å². The molecule has 0 aliphatic heterocycles. The lowest BCUT2D eigenvalue weighted by Crippen LogP contribution is -1.77. The normalized spacial score (nSPS) is 10.1. The van der Waals surface area contributed by atoms with Gasteiger partial charge in [0, 0.05) is 0 Å². The Labute approximate surface area is 74.3 Å². The molecule has 0 radical (unpaired) electrons. The average Bonchev–Trinajstić information content (AvgIpc) is 1.87. The monoisotopic (exact) mass is 170 g/mol. The van der Waals surface area contributed by atoms with Crippen molar-refractivity contribution in [3.8, 4) is 0 Å². The quantitative estimate of drug-likeness (QED) is 0.362. The Hall–Kier alpha value is -0.890. The number of rotatable bonds is 4. The first-order chi connectivity index (χ1) is 5.16. The van der Waals surface area contributed by atoms with Crippen molar-refractivity contribution in [1.82, 2.24) is 0 Å². The fraction of sp³-hybridized carbons (Fsp3) is 0.500. The summed E-state index contributed by atoms with van der Waals surface area (Å²) in [5.74, 6) is 0. The van der Waals surface area contributed by atoms with Crippen LogP contribution in [0.1, 0.15) is 33.6 Å². The highest BCUT2D eigenvalue weighted by atomic mass is 16.1. The second kappa shape index (κ2) is 8.21. The fourth-order valence-electron chi connectivity index (χ4n) is 0.788. The average molecular weight is 170 g/mol. The molecule has 70 valence electrons. The third-order valence-corrected chi connectivity index (χ3v) is 1.44. The van der Waals surface area contributed by atoms with Crippen molar-refractivity contribution in [2.75, 3.05) is 0 Å². The molecule has 0 aliphatic carbocycles. The van der Waals surface area contributed by atoms with Gasteiger partial charge in [-0.15, -0.1) is 0 Å². The second-order valence-corrected chi connectivity index (χ2v) is 2.97. The minimum atomic E-state index is 0. The van der Waals surface area contributed by atoms with E-state index in [9.17, 15) is 4.79 Å². The molecule has 2 heteroatoms. The molecule has 0 rings (SSSR count). The maximum Gasteiger partial charge on any atom is 0.142 e. The zero-order chi connectivity index (χ0) is 8.69. The van der Waals surface area contributed by atoms with Gasteiger partial charge in [-0.1, -0.05) is 17.2 Å². The lowest BCUT2D eigenvalue weighted by Gasteiger charge is -1.94. The summed E-state index contributed by atoms with van der Waals surface area (Å²) in [6.45, 7) is 6.14. The number of carbonyl (C=O) groups is 1. The largest absolute Gasteiger partial charge is 0.412 e. The second-order valence-electron chi connectivity index (χ2n) is 2.97. The molecule has 0 aromatic heterocycles. The molecule has 0 unspecified atom stereocenters. The van der Waals surface area contributed by atoms with E-state index < -0.39 is 0 Å². The molecule has 2 nitrogen and oxygen atoms in total. The van der Waals surface area contributed by atoms with E-state index in [2.05, 4.69) is 19.9 Å². The van der Waals surface area contributed by atoms with E-state index in [4.69, 9.17) is 0 Å². The highest BCUT2D eigenvalue weighted by Crippen LogP contribution is 2.05. The molecule has 2 N–H and O–H groups in total. The van der Waals surface area contributed by atoms with Crippen molar-refractivity contribution in [3.63, 3.8) is 0 Å². The van der Waals surface area contributed by atoms with Gasteiger partial charge < -0.3 is 5.48 Å². The van der Waals surface area contributed by atoms with Crippen molar-refractivity contribution in [2.45, 2.75) is 33.6 Å². The molecule has 0 spiro atoms. The van der Waals surface area contributed by atoms with Gasteiger partial charge in [-0.2, -0.15) is 0 Å². The van der Waals surface area contributed by atoms with Gasteiger partial charge in [-0.3, -0.25) is 4.79 Å². The van der Waals surface area contributed by atoms with Crippen LogP contribution in [0.2, 0.25) is 0 Å². The molecule has 0 atom stereocenters. The molecule has 0 heterocycles. The number of carbonyl (C=O) groups excluding carboxylic acids is 1. The summed E-state index contributed by atoms with van der Waals surface area (Å²) in [5, 5.41) is 0. The van der Waals surface area contributed by atoms with Crippen molar-refractivity contribution < 1.29 is 10.3 Å². The van der Waals surface area contributed by atoms with E-state index in [1.54, 1.807) is 6.08 Å². The number of allylic oxidation sites excluding steroid dienone is 4. The molecule has 0 saturated heterocycles. The van der Waals surface area contributed by atoms with Gasteiger partial charge >= 0.3 is 0 Å². The van der Waals surface area contributed by atoms with Gasteiger partial charge in [0.2, 0.25) is 0 Å². The summed E-state index contributed by atoms with van der Waals surface area (Å²) >= 11 is 0. The van der Waals surface area contributed by atoms with Gasteiger partial charge in [0.25, 0.3) is 0 Å². The van der Waals surface area contributed by atoms with E-state index in [-0.39, 0.29) is 5.48 Å². The number of hydrogen-bond acceptors (Lipinski definition) is 1. The fourth-order valence-corrected chi connectivity index (χ4v) is 0.788. The SMILES string of the molecule is CC(C)=CCCC(C)=CC=O.O. The topological polar surface area (TPSA) is 48.6 Å². The highest BCUT2D eigenvalue weighted by Gasteiger charge is 1.86. The van der Waals surface area contributed by atoms with Crippen LogP contribution in [0.5, 0.6) is 0 Å². The molecule has 0 aliphatic rings. The van der Waals surface area contributed by atoms with Crippen LogP contribution in [0.15, 0.2) is 23.3 Å². The predicted octanol–water partition coefficient (Wildman–Crippen LogP) is 2.05. The van der Waals surface area contributed by atoms with E-state index in [1.165, 1.54) is 5.57 Å². The van der Waals surface area contributed by atoms with Crippen molar-refractivity contribution in [2.24, 2.45) is 0 Å². The van der Waals surface area contributed by atoms with Crippen LogP contribution in [0.3, 0.4) is 0 Å². The molecular formula is C10H18O2. The predicted molar refractivity (Wildman–Crippen MR) is 52.1 cm³/mol. The van der Waals surface area contributed by atoms with E-state index in [0.29, 0.717) is 0 Å². The van der Waals surface area contributed by atoms with Crippen molar-refractivity contribution >= 4 is 6.29 Å². The summed E-state index contributed by atoms with van der Waals surface area (Å²) in [6, 6.07) is 0. The lowest BCUT2D eigenvalue weighted by molar-refractivity contribution is -0.104. The third kappa shape index (κ3) is 9.11. The van der Waals surface area contributed by atoms with E-state index in [0.717, 1.165) is 24.7 Å². The van der Waals surface area contributed by atoms with E-state index >= 15 is 0 Å². The minimum Gasteiger partial charge on any atom is -0.412 e. The maximum atomic E-state index is 10.0. The Morgan fingerprint density at radius 3 is 2.25 bits per heavy atom. The first-order valence-electron chi connectivity index (χ1n) is 3.91. The number of hydrogen-bond donors (Lipinski definition) is 0. The van der Waals surface area contributed by atoms with Gasteiger partial charge in [0.15, 0.2) is 0 Å². The molecule has 0 aromatic carbocycles. The maximum absolute atomic E-state index is 10.0. The molecular weight excluding hydrogens is 152 g/mol. The Bertz CT molecular complexity index is 174. The molecule has 0 amide bonds. The Morgan fingerprint density at radius 2 is 1.83 bits per heavy atom. The third-order valence-electron chi connectivity index (χ3n) is 1.44. The molecule has 0 aromatic rings. The minimum absolute atomic E-state index is 0. The van der Waals surface area contributed by atoms with Crippen LogP contribution in [0.25, 0.3) is 0 Å².